The second-order valence-electron chi connectivity index (χ2n) is 6.36. The van der Waals surface area contributed by atoms with Gasteiger partial charge in [-0.1, -0.05) is 53.1 Å². The number of sulfonamides is 1. The van der Waals surface area contributed by atoms with Crippen LogP contribution >= 0.6 is 11.6 Å². The maximum Gasteiger partial charge on any atom is 0.264 e. The summed E-state index contributed by atoms with van der Waals surface area (Å²) in [5.41, 5.74) is 2.53. The van der Waals surface area contributed by atoms with Crippen LogP contribution in [0.15, 0.2) is 71.6 Å². The second kappa shape index (κ2) is 7.71. The molecule has 0 saturated heterocycles. The summed E-state index contributed by atoms with van der Waals surface area (Å²) >= 11 is 6.14. The Morgan fingerprint density at radius 3 is 2.00 bits per heavy atom. The van der Waals surface area contributed by atoms with Crippen molar-refractivity contribution in [3.8, 4) is 0 Å². The number of rotatable bonds is 5. The van der Waals surface area contributed by atoms with Crippen LogP contribution in [0, 0.1) is 19.7 Å². The minimum absolute atomic E-state index is 0.135. The predicted octanol–water partition coefficient (Wildman–Crippen LogP) is 5.49. The first-order valence-corrected chi connectivity index (χ1v) is 10.2. The topological polar surface area (TPSA) is 37.4 Å². The molecule has 0 radical (unpaired) electrons. The molecule has 27 heavy (non-hydrogen) atoms. The molecule has 0 fully saturated rings. The zero-order valence-electron chi connectivity index (χ0n) is 15.0. The fourth-order valence-corrected chi connectivity index (χ4v) is 4.35. The quantitative estimate of drug-likeness (QED) is 0.564. The van der Waals surface area contributed by atoms with Gasteiger partial charge in [-0.2, -0.15) is 0 Å². The van der Waals surface area contributed by atoms with Gasteiger partial charge in [-0.25, -0.2) is 12.8 Å². The van der Waals surface area contributed by atoms with Crippen molar-refractivity contribution in [2.45, 2.75) is 25.3 Å². The van der Waals surface area contributed by atoms with Gasteiger partial charge >= 0.3 is 0 Å². The summed E-state index contributed by atoms with van der Waals surface area (Å²) in [5, 5.41) is 0.186. The molecule has 0 heterocycles. The normalized spacial score (nSPS) is 11.4. The molecule has 0 bridgehead atoms. The summed E-state index contributed by atoms with van der Waals surface area (Å²) < 4.78 is 42.1. The van der Waals surface area contributed by atoms with Gasteiger partial charge in [0.25, 0.3) is 10.0 Å². The van der Waals surface area contributed by atoms with Crippen LogP contribution in [0.5, 0.6) is 0 Å². The predicted molar refractivity (Wildman–Crippen MR) is 107 cm³/mol. The van der Waals surface area contributed by atoms with Crippen LogP contribution < -0.4 is 4.31 Å². The van der Waals surface area contributed by atoms with Gasteiger partial charge in [-0.3, -0.25) is 4.31 Å². The average molecular weight is 404 g/mol. The summed E-state index contributed by atoms with van der Waals surface area (Å²) in [6, 6.07) is 17.9. The number of anilines is 1. The Morgan fingerprint density at radius 2 is 1.44 bits per heavy atom. The van der Waals surface area contributed by atoms with E-state index in [4.69, 9.17) is 11.6 Å². The van der Waals surface area contributed by atoms with Crippen LogP contribution in [0.25, 0.3) is 0 Å². The van der Waals surface area contributed by atoms with Gasteiger partial charge in [0.05, 0.1) is 17.1 Å². The fourth-order valence-electron chi connectivity index (χ4n) is 2.69. The van der Waals surface area contributed by atoms with Gasteiger partial charge in [-0.05, 0) is 50.2 Å². The summed E-state index contributed by atoms with van der Waals surface area (Å²) in [6.45, 7) is 3.59. The van der Waals surface area contributed by atoms with Crippen molar-refractivity contribution >= 4 is 27.3 Å². The molecule has 6 heteroatoms. The number of benzene rings is 3. The molecule has 0 aliphatic carbocycles. The van der Waals surface area contributed by atoms with Crippen LogP contribution in [0.2, 0.25) is 5.02 Å². The highest BCUT2D eigenvalue weighted by Gasteiger charge is 2.27. The van der Waals surface area contributed by atoms with Crippen molar-refractivity contribution in [2.75, 3.05) is 4.31 Å². The van der Waals surface area contributed by atoms with Gasteiger partial charge < -0.3 is 0 Å². The third-order valence-corrected chi connectivity index (χ3v) is 6.44. The van der Waals surface area contributed by atoms with E-state index < -0.39 is 15.8 Å². The standard InChI is InChI=1S/C21H19ClFNO2S/c1-15-6-10-17(11-7-15)24(14-19-20(22)4-3-5-21(19)23)27(25,26)18-12-8-16(2)9-13-18/h3-13H,14H2,1-2H3. The van der Waals surface area contributed by atoms with E-state index in [0.717, 1.165) is 11.1 Å². The largest absolute Gasteiger partial charge is 0.264 e. The maximum atomic E-state index is 14.3. The molecule has 0 unspecified atom stereocenters. The van der Waals surface area contributed by atoms with Crippen LogP contribution in [-0.4, -0.2) is 8.42 Å². The first-order chi connectivity index (χ1) is 12.8. The lowest BCUT2D eigenvalue weighted by molar-refractivity contribution is 0.585. The Hall–Kier alpha value is -2.37. The van der Waals surface area contributed by atoms with Crippen molar-refractivity contribution in [1.82, 2.24) is 0 Å². The number of aryl methyl sites for hydroxylation is 2. The molecule has 0 aromatic heterocycles. The Labute approximate surface area is 164 Å². The third kappa shape index (κ3) is 4.15. The maximum absolute atomic E-state index is 14.3. The minimum atomic E-state index is -3.91. The lowest BCUT2D eigenvalue weighted by Crippen LogP contribution is -2.31. The van der Waals surface area contributed by atoms with Gasteiger partial charge in [0.2, 0.25) is 0 Å². The molecular formula is C21H19ClFNO2S. The van der Waals surface area contributed by atoms with E-state index in [9.17, 15) is 12.8 Å². The van der Waals surface area contributed by atoms with Gasteiger partial charge in [0, 0.05) is 10.6 Å². The van der Waals surface area contributed by atoms with E-state index in [1.54, 1.807) is 42.5 Å². The van der Waals surface area contributed by atoms with Crippen molar-refractivity contribution < 1.29 is 12.8 Å². The molecule has 3 aromatic carbocycles. The summed E-state index contributed by atoms with van der Waals surface area (Å²) in [7, 11) is -3.91. The molecule has 0 aliphatic heterocycles. The first kappa shape index (κ1) is 19.4. The van der Waals surface area contributed by atoms with E-state index in [0.29, 0.717) is 5.69 Å². The number of halogens is 2. The lowest BCUT2D eigenvalue weighted by atomic mass is 10.2. The minimum Gasteiger partial charge on any atom is -0.262 e. The number of nitrogens with zero attached hydrogens (tertiary/aromatic N) is 1. The molecule has 0 atom stereocenters. The van der Waals surface area contributed by atoms with E-state index in [-0.39, 0.29) is 22.0 Å². The highest BCUT2D eigenvalue weighted by molar-refractivity contribution is 7.92. The summed E-state index contributed by atoms with van der Waals surface area (Å²) in [4.78, 5) is 0.140. The van der Waals surface area contributed by atoms with Crippen molar-refractivity contribution in [2.24, 2.45) is 0 Å². The average Bonchev–Trinajstić information content (AvgIpc) is 2.63. The van der Waals surface area contributed by atoms with Crippen molar-refractivity contribution in [3.63, 3.8) is 0 Å². The van der Waals surface area contributed by atoms with Crippen LogP contribution in [0.1, 0.15) is 16.7 Å². The molecule has 0 saturated carbocycles. The molecule has 3 rings (SSSR count). The van der Waals surface area contributed by atoms with Crippen molar-refractivity contribution in [1.29, 1.82) is 0 Å². The van der Waals surface area contributed by atoms with Crippen LogP contribution in [0.4, 0.5) is 10.1 Å². The highest BCUT2D eigenvalue weighted by Crippen LogP contribution is 2.29. The molecule has 140 valence electrons. The first-order valence-electron chi connectivity index (χ1n) is 8.38. The van der Waals surface area contributed by atoms with E-state index in [2.05, 4.69) is 0 Å². The monoisotopic (exact) mass is 403 g/mol. The van der Waals surface area contributed by atoms with Crippen molar-refractivity contribution in [3.05, 3.63) is 94.3 Å². The second-order valence-corrected chi connectivity index (χ2v) is 8.63. The molecular weight excluding hydrogens is 385 g/mol. The summed E-state index contributed by atoms with van der Waals surface area (Å²) in [5.74, 6) is -0.543. The molecule has 0 amide bonds. The van der Waals surface area contributed by atoms with E-state index >= 15 is 0 Å². The van der Waals surface area contributed by atoms with Crippen LogP contribution in [0.3, 0.4) is 0 Å². The molecule has 0 spiro atoms. The van der Waals surface area contributed by atoms with E-state index in [1.165, 1.54) is 16.4 Å². The molecule has 3 aromatic rings. The van der Waals surface area contributed by atoms with Gasteiger partial charge in [0.1, 0.15) is 5.82 Å². The van der Waals surface area contributed by atoms with E-state index in [1.807, 2.05) is 26.0 Å². The molecule has 0 aliphatic rings. The van der Waals surface area contributed by atoms with Crippen LogP contribution in [-0.2, 0) is 16.6 Å². The fraction of sp³-hybridized carbons (Fsp3) is 0.143. The Balaban J connectivity index is 2.12. The number of hydrogen-bond donors (Lipinski definition) is 0. The number of hydrogen-bond acceptors (Lipinski definition) is 2. The SMILES string of the molecule is Cc1ccc(N(Cc2c(F)cccc2Cl)S(=O)(=O)c2ccc(C)cc2)cc1. The Kier molecular flexibility index (Phi) is 5.53. The van der Waals surface area contributed by atoms with Gasteiger partial charge in [0.15, 0.2) is 0 Å². The Bertz CT molecular complexity index is 1030. The summed E-state index contributed by atoms with van der Waals surface area (Å²) in [6.07, 6.45) is 0. The third-order valence-electron chi connectivity index (χ3n) is 4.29. The van der Waals surface area contributed by atoms with Gasteiger partial charge in [-0.15, -0.1) is 0 Å². The zero-order chi connectivity index (χ0) is 19.6. The highest BCUT2D eigenvalue weighted by atomic mass is 35.5. The smallest absolute Gasteiger partial charge is 0.262 e. The zero-order valence-corrected chi connectivity index (χ0v) is 16.6. The lowest BCUT2D eigenvalue weighted by Gasteiger charge is -2.25. The molecule has 3 nitrogen and oxygen atoms in total. The Morgan fingerprint density at radius 1 is 0.889 bits per heavy atom. The molecule has 0 N–H and O–H groups in total.